The molecule has 1 atom stereocenters. The van der Waals surface area contributed by atoms with Crippen LogP contribution in [0.2, 0.25) is 0 Å². The van der Waals surface area contributed by atoms with Crippen LogP contribution in [0.15, 0.2) is 29.2 Å². The Morgan fingerprint density at radius 2 is 1.94 bits per heavy atom. The van der Waals surface area contributed by atoms with Gasteiger partial charge in [-0.1, -0.05) is 6.07 Å². The molecule has 2 heterocycles. The molecular formula is C23H23F2N3O4S. The fraction of sp³-hybridized carbons (Fsp3) is 0.435. The van der Waals surface area contributed by atoms with Crippen LogP contribution < -0.4 is 5.32 Å². The number of hydrogen-bond donors (Lipinski definition) is 1. The summed E-state index contributed by atoms with van der Waals surface area (Å²) >= 11 is 0. The summed E-state index contributed by atoms with van der Waals surface area (Å²) in [4.78, 5) is 31.0. The first-order valence-corrected chi connectivity index (χ1v) is 12.6. The lowest BCUT2D eigenvalue weighted by Crippen LogP contribution is -2.18. The predicted molar refractivity (Wildman–Crippen MR) is 117 cm³/mol. The number of amides is 1. The minimum Gasteiger partial charge on any atom is -0.354 e. The molecule has 3 aliphatic rings. The van der Waals surface area contributed by atoms with Gasteiger partial charge >= 0.3 is 0 Å². The second-order valence-corrected chi connectivity index (χ2v) is 11.2. The first-order chi connectivity index (χ1) is 15.4. The number of Topliss-reactive ketones (excluding diaryl/α,β-unsaturated/α-hetero) is 1. The maximum atomic E-state index is 13.3. The van der Waals surface area contributed by atoms with Crippen LogP contribution in [0.25, 0.3) is 0 Å². The van der Waals surface area contributed by atoms with Crippen LogP contribution in [-0.2, 0) is 27.6 Å². The lowest BCUT2D eigenvalue weighted by molar-refractivity contribution is -0.121. The molecule has 0 saturated heterocycles. The highest BCUT2D eigenvalue weighted by molar-refractivity contribution is 7.90. The van der Waals surface area contributed by atoms with E-state index in [0.29, 0.717) is 23.0 Å². The van der Waals surface area contributed by atoms with Crippen LogP contribution in [-0.4, -0.2) is 49.2 Å². The number of hydrogen-bond acceptors (Lipinski definition) is 6. The maximum Gasteiger partial charge on any atom is 0.258 e. The normalized spacial score (nSPS) is 21.2. The van der Waals surface area contributed by atoms with Gasteiger partial charge in [0.25, 0.3) is 11.8 Å². The highest BCUT2D eigenvalue weighted by atomic mass is 32.2. The molecule has 7 nitrogen and oxygen atoms in total. The van der Waals surface area contributed by atoms with Crippen LogP contribution >= 0.6 is 0 Å². The number of carbonyl (C=O) groups excluding carboxylic acids is 2. The summed E-state index contributed by atoms with van der Waals surface area (Å²) in [5.41, 5.74) is 2.55. The van der Waals surface area contributed by atoms with Gasteiger partial charge in [-0.15, -0.1) is 0 Å². The van der Waals surface area contributed by atoms with E-state index >= 15 is 0 Å². The van der Waals surface area contributed by atoms with Crippen molar-refractivity contribution in [3.05, 3.63) is 46.8 Å². The largest absolute Gasteiger partial charge is 0.354 e. The lowest BCUT2D eigenvalue weighted by Gasteiger charge is -2.16. The van der Waals surface area contributed by atoms with E-state index in [0.717, 1.165) is 24.7 Å². The molecule has 2 aromatic rings. The Kier molecular flexibility index (Phi) is 4.86. The van der Waals surface area contributed by atoms with Crippen LogP contribution in [0.1, 0.15) is 52.5 Å². The van der Waals surface area contributed by atoms with E-state index in [1.165, 1.54) is 11.0 Å². The van der Waals surface area contributed by atoms with Crippen molar-refractivity contribution in [2.24, 2.45) is 5.92 Å². The highest BCUT2D eigenvalue weighted by Crippen LogP contribution is 2.49. The standard InChI is InChI=1S/C23H23F2N3O4S/c1-28-11-18-21(22(28)30)17(8-14(26-18)9-19(29)15-10-23(15,24)25)27-16-6-5-13(12-3-4-12)7-20(16)33(2,31)32/h5-8,12,15H,3-4,9-11H2,1-2H3,(H,26,27)/t15-/m1/s1. The van der Waals surface area contributed by atoms with Crippen molar-refractivity contribution >= 4 is 32.9 Å². The Hall–Kier alpha value is -2.88. The zero-order valence-corrected chi connectivity index (χ0v) is 19.0. The molecule has 10 heteroatoms. The van der Waals surface area contributed by atoms with Gasteiger partial charge in [-0.2, -0.15) is 0 Å². The van der Waals surface area contributed by atoms with E-state index in [1.807, 2.05) is 6.07 Å². The van der Waals surface area contributed by atoms with Crippen molar-refractivity contribution < 1.29 is 26.8 Å². The molecule has 2 fully saturated rings. The summed E-state index contributed by atoms with van der Waals surface area (Å²) < 4.78 is 51.7. The average Bonchev–Trinajstić information content (AvgIpc) is 3.62. The van der Waals surface area contributed by atoms with Crippen molar-refractivity contribution in [1.29, 1.82) is 0 Å². The fourth-order valence-electron chi connectivity index (χ4n) is 4.31. The Balaban J connectivity index is 1.53. The quantitative estimate of drug-likeness (QED) is 0.659. The lowest BCUT2D eigenvalue weighted by atomic mass is 10.1. The number of aromatic nitrogens is 1. The van der Waals surface area contributed by atoms with Crippen molar-refractivity contribution in [3.8, 4) is 0 Å². The minimum atomic E-state index is -3.58. The Bertz CT molecular complexity index is 1310. The van der Waals surface area contributed by atoms with E-state index in [9.17, 15) is 26.8 Å². The maximum absolute atomic E-state index is 13.3. The van der Waals surface area contributed by atoms with Crippen LogP contribution in [0.5, 0.6) is 0 Å². The van der Waals surface area contributed by atoms with E-state index in [1.54, 1.807) is 19.2 Å². The monoisotopic (exact) mass is 475 g/mol. The second-order valence-electron chi connectivity index (χ2n) is 9.23. The highest BCUT2D eigenvalue weighted by Gasteiger charge is 2.60. The third-order valence-electron chi connectivity index (χ3n) is 6.39. The molecule has 0 unspecified atom stereocenters. The summed E-state index contributed by atoms with van der Waals surface area (Å²) in [5.74, 6) is -4.78. The molecule has 0 radical (unpaired) electrons. The van der Waals surface area contributed by atoms with Crippen molar-refractivity contribution in [1.82, 2.24) is 9.88 Å². The minimum absolute atomic E-state index is 0.117. The number of benzene rings is 1. The molecule has 1 amide bonds. The van der Waals surface area contributed by atoms with Crippen molar-refractivity contribution in [3.63, 3.8) is 0 Å². The number of carbonyl (C=O) groups is 2. The van der Waals surface area contributed by atoms with Gasteiger partial charge in [0.15, 0.2) is 9.84 Å². The fourth-order valence-corrected chi connectivity index (χ4v) is 5.18. The molecular weight excluding hydrogens is 452 g/mol. The van der Waals surface area contributed by atoms with Crippen LogP contribution in [0.3, 0.4) is 0 Å². The number of ketones is 1. The number of nitrogens with zero attached hydrogens (tertiary/aromatic N) is 2. The molecule has 5 rings (SSSR count). The van der Waals surface area contributed by atoms with E-state index in [-0.39, 0.29) is 35.0 Å². The molecule has 1 aromatic carbocycles. The molecule has 1 aromatic heterocycles. The van der Waals surface area contributed by atoms with Gasteiger partial charge in [-0.25, -0.2) is 17.2 Å². The third-order valence-corrected chi connectivity index (χ3v) is 7.52. The summed E-state index contributed by atoms with van der Waals surface area (Å²) in [6, 6.07) is 6.68. The smallest absolute Gasteiger partial charge is 0.258 e. The molecule has 2 saturated carbocycles. The third kappa shape index (κ3) is 4.12. The average molecular weight is 476 g/mol. The second kappa shape index (κ2) is 7.31. The molecule has 1 N–H and O–H groups in total. The molecule has 33 heavy (non-hydrogen) atoms. The van der Waals surface area contributed by atoms with Crippen LogP contribution in [0.4, 0.5) is 20.2 Å². The molecule has 1 aliphatic heterocycles. The zero-order valence-electron chi connectivity index (χ0n) is 18.2. The SMILES string of the molecule is CN1Cc2nc(CC(=O)[C@H]3CC3(F)F)cc(Nc3ccc(C4CC4)cc3S(C)(=O)=O)c2C1=O. The first kappa shape index (κ1) is 21.9. The molecule has 2 aliphatic carbocycles. The van der Waals surface area contributed by atoms with Gasteiger partial charge in [0, 0.05) is 26.1 Å². The Labute approximate surface area is 190 Å². The number of rotatable bonds is 7. The van der Waals surface area contributed by atoms with Gasteiger partial charge < -0.3 is 10.2 Å². The number of nitrogens with one attached hydrogen (secondary N) is 1. The predicted octanol–water partition coefficient (Wildman–Crippen LogP) is 3.46. The number of pyridine rings is 1. The topological polar surface area (TPSA) is 96.4 Å². The summed E-state index contributed by atoms with van der Waals surface area (Å²) in [7, 11) is -1.97. The van der Waals surface area contributed by atoms with E-state index < -0.39 is 33.9 Å². The zero-order chi connectivity index (χ0) is 23.7. The summed E-state index contributed by atoms with van der Waals surface area (Å²) in [6.45, 7) is 0.212. The van der Waals surface area contributed by atoms with Crippen LogP contribution in [0, 0.1) is 5.92 Å². The number of fused-ring (bicyclic) bond motifs is 1. The van der Waals surface area contributed by atoms with Gasteiger partial charge in [-0.05, 0) is 42.5 Å². The number of anilines is 2. The number of halogens is 2. The number of alkyl halides is 2. The van der Waals surface area contributed by atoms with E-state index in [4.69, 9.17) is 0 Å². The molecule has 0 spiro atoms. The van der Waals surface area contributed by atoms with Gasteiger partial charge in [-0.3, -0.25) is 14.6 Å². The molecule has 174 valence electrons. The summed E-state index contributed by atoms with van der Waals surface area (Å²) in [6.07, 6.45) is 2.44. The Morgan fingerprint density at radius 3 is 2.55 bits per heavy atom. The van der Waals surface area contributed by atoms with Crippen molar-refractivity contribution in [2.45, 2.75) is 49.0 Å². The van der Waals surface area contributed by atoms with E-state index in [2.05, 4.69) is 10.3 Å². The van der Waals surface area contributed by atoms with Gasteiger partial charge in [0.1, 0.15) is 5.78 Å². The van der Waals surface area contributed by atoms with Crippen molar-refractivity contribution in [2.75, 3.05) is 18.6 Å². The van der Waals surface area contributed by atoms with Gasteiger partial charge in [0.2, 0.25) is 0 Å². The Morgan fingerprint density at radius 1 is 1.24 bits per heavy atom. The number of sulfone groups is 1. The first-order valence-electron chi connectivity index (χ1n) is 10.7. The molecule has 0 bridgehead atoms. The van der Waals surface area contributed by atoms with Gasteiger partial charge in [0.05, 0.1) is 45.7 Å². The summed E-state index contributed by atoms with van der Waals surface area (Å²) in [5, 5.41) is 3.07.